The number of nitrogens with one attached hydrogen (secondary N) is 1. The molecule has 2 rings (SSSR count). The predicted molar refractivity (Wildman–Crippen MR) is 89.8 cm³/mol. The van der Waals surface area contributed by atoms with Gasteiger partial charge in [-0.05, 0) is 17.9 Å². The van der Waals surface area contributed by atoms with Crippen LogP contribution in [-0.2, 0) is 7.05 Å². The van der Waals surface area contributed by atoms with Gasteiger partial charge < -0.3 is 5.32 Å². The minimum absolute atomic E-state index is 0.00795. The number of aryl methyl sites for hydroxylation is 1. The molecule has 0 aliphatic rings. The topological polar surface area (TPSA) is 46.9 Å². The van der Waals surface area contributed by atoms with Gasteiger partial charge in [0.2, 0.25) is 0 Å². The zero-order valence-electron chi connectivity index (χ0n) is 13.0. The fourth-order valence-corrected chi connectivity index (χ4v) is 2.90. The largest absolute Gasteiger partial charge is 0.347 e. The standard InChI is InChI=1S/C16H22BrN3O/c1-16(2,3)13(9-10-17)18-15(21)14-11-7-5-6-8-12(11)20(4)19-14/h5-8,13H,9-10H2,1-4H3,(H,18,21). The normalized spacial score (nSPS) is 13.4. The van der Waals surface area contributed by atoms with Crippen molar-refractivity contribution in [2.45, 2.75) is 33.2 Å². The van der Waals surface area contributed by atoms with Crippen LogP contribution in [0.15, 0.2) is 24.3 Å². The Labute approximate surface area is 134 Å². The number of benzene rings is 1. The molecule has 1 aromatic carbocycles. The van der Waals surface area contributed by atoms with Gasteiger partial charge >= 0.3 is 0 Å². The number of para-hydroxylation sites is 1. The highest BCUT2D eigenvalue weighted by Crippen LogP contribution is 2.24. The van der Waals surface area contributed by atoms with Crippen molar-refractivity contribution in [3.05, 3.63) is 30.0 Å². The maximum absolute atomic E-state index is 12.6. The molecule has 1 aromatic heterocycles. The van der Waals surface area contributed by atoms with Crippen molar-refractivity contribution < 1.29 is 4.79 Å². The highest BCUT2D eigenvalue weighted by atomic mass is 79.9. The van der Waals surface area contributed by atoms with Crippen molar-refractivity contribution >= 4 is 32.7 Å². The second-order valence-electron chi connectivity index (χ2n) is 6.36. The molecule has 5 heteroatoms. The molecule has 1 unspecified atom stereocenters. The number of fused-ring (bicyclic) bond motifs is 1. The lowest BCUT2D eigenvalue weighted by molar-refractivity contribution is 0.0896. The number of amides is 1. The molecule has 0 bridgehead atoms. The summed E-state index contributed by atoms with van der Waals surface area (Å²) in [6.07, 6.45) is 0.889. The lowest BCUT2D eigenvalue weighted by Crippen LogP contribution is -2.44. The summed E-state index contributed by atoms with van der Waals surface area (Å²) in [7, 11) is 1.86. The number of carbonyl (C=O) groups excluding carboxylic acids is 1. The van der Waals surface area contributed by atoms with Gasteiger partial charge in [-0.15, -0.1) is 0 Å². The molecule has 2 aromatic rings. The van der Waals surface area contributed by atoms with E-state index in [0.29, 0.717) is 5.69 Å². The van der Waals surface area contributed by atoms with E-state index >= 15 is 0 Å². The van der Waals surface area contributed by atoms with Crippen molar-refractivity contribution in [1.29, 1.82) is 0 Å². The lowest BCUT2D eigenvalue weighted by Gasteiger charge is -2.31. The van der Waals surface area contributed by atoms with Gasteiger partial charge in [0.15, 0.2) is 5.69 Å². The highest BCUT2D eigenvalue weighted by molar-refractivity contribution is 9.09. The van der Waals surface area contributed by atoms with E-state index in [4.69, 9.17) is 0 Å². The maximum Gasteiger partial charge on any atom is 0.272 e. The lowest BCUT2D eigenvalue weighted by atomic mass is 9.85. The van der Waals surface area contributed by atoms with Crippen LogP contribution < -0.4 is 5.32 Å². The fraction of sp³-hybridized carbons (Fsp3) is 0.500. The van der Waals surface area contributed by atoms with E-state index in [9.17, 15) is 4.79 Å². The minimum Gasteiger partial charge on any atom is -0.347 e. The molecule has 1 atom stereocenters. The Kier molecular flexibility index (Phi) is 4.71. The van der Waals surface area contributed by atoms with E-state index in [1.807, 2.05) is 31.3 Å². The van der Waals surface area contributed by atoms with Crippen molar-refractivity contribution in [1.82, 2.24) is 15.1 Å². The molecule has 1 heterocycles. The van der Waals surface area contributed by atoms with Gasteiger partial charge in [0.25, 0.3) is 5.91 Å². The summed E-state index contributed by atoms with van der Waals surface area (Å²) in [5.74, 6) is -0.104. The highest BCUT2D eigenvalue weighted by Gasteiger charge is 2.27. The third-order valence-corrected chi connectivity index (χ3v) is 4.18. The number of nitrogens with zero attached hydrogens (tertiary/aromatic N) is 2. The Morgan fingerprint density at radius 3 is 2.67 bits per heavy atom. The van der Waals surface area contributed by atoms with E-state index in [-0.39, 0.29) is 17.4 Å². The molecular weight excluding hydrogens is 330 g/mol. The van der Waals surface area contributed by atoms with Gasteiger partial charge in [0.1, 0.15) is 0 Å². The van der Waals surface area contributed by atoms with Crippen LogP contribution in [0.3, 0.4) is 0 Å². The van der Waals surface area contributed by atoms with Crippen molar-refractivity contribution in [3.8, 4) is 0 Å². The first-order chi connectivity index (χ1) is 9.84. The van der Waals surface area contributed by atoms with Gasteiger partial charge in [-0.25, -0.2) is 0 Å². The quantitative estimate of drug-likeness (QED) is 0.856. The molecule has 0 radical (unpaired) electrons. The number of hydrogen-bond donors (Lipinski definition) is 1. The monoisotopic (exact) mass is 351 g/mol. The first-order valence-corrected chi connectivity index (χ1v) is 8.25. The van der Waals surface area contributed by atoms with Crippen molar-refractivity contribution in [2.24, 2.45) is 12.5 Å². The number of carbonyl (C=O) groups is 1. The number of alkyl halides is 1. The second-order valence-corrected chi connectivity index (χ2v) is 7.15. The van der Waals surface area contributed by atoms with E-state index in [0.717, 1.165) is 22.7 Å². The summed E-state index contributed by atoms with van der Waals surface area (Å²) in [4.78, 5) is 12.6. The summed E-state index contributed by atoms with van der Waals surface area (Å²) < 4.78 is 1.75. The number of rotatable bonds is 4. The molecule has 1 N–H and O–H groups in total. The Morgan fingerprint density at radius 2 is 2.05 bits per heavy atom. The smallest absolute Gasteiger partial charge is 0.272 e. The van der Waals surface area contributed by atoms with E-state index in [2.05, 4.69) is 47.1 Å². The number of halogens is 1. The first kappa shape index (κ1) is 16.0. The predicted octanol–water partition coefficient (Wildman–Crippen LogP) is 3.50. The first-order valence-electron chi connectivity index (χ1n) is 7.13. The minimum atomic E-state index is -0.104. The summed E-state index contributed by atoms with van der Waals surface area (Å²) in [5, 5.41) is 9.26. The van der Waals surface area contributed by atoms with Crippen LogP contribution >= 0.6 is 15.9 Å². The van der Waals surface area contributed by atoms with E-state index < -0.39 is 0 Å². The fourth-order valence-electron chi connectivity index (χ4n) is 2.44. The Balaban J connectivity index is 2.30. The van der Waals surface area contributed by atoms with Crippen LogP contribution in [0.2, 0.25) is 0 Å². The van der Waals surface area contributed by atoms with Gasteiger partial charge in [0, 0.05) is 23.8 Å². The molecule has 0 saturated carbocycles. The molecule has 0 aliphatic carbocycles. The van der Waals surface area contributed by atoms with Crippen LogP contribution in [-0.4, -0.2) is 27.1 Å². The van der Waals surface area contributed by atoms with Gasteiger partial charge in [-0.2, -0.15) is 5.10 Å². The molecule has 114 valence electrons. The number of aromatic nitrogens is 2. The van der Waals surface area contributed by atoms with E-state index in [1.54, 1.807) is 4.68 Å². The molecule has 0 saturated heterocycles. The van der Waals surface area contributed by atoms with Crippen LogP contribution in [0.1, 0.15) is 37.7 Å². The average molecular weight is 352 g/mol. The molecule has 21 heavy (non-hydrogen) atoms. The molecule has 0 spiro atoms. The van der Waals surface area contributed by atoms with Crippen molar-refractivity contribution in [3.63, 3.8) is 0 Å². The van der Waals surface area contributed by atoms with Gasteiger partial charge in [0.05, 0.1) is 5.52 Å². The van der Waals surface area contributed by atoms with Crippen LogP contribution in [0.5, 0.6) is 0 Å². The average Bonchev–Trinajstić information content (AvgIpc) is 2.75. The Morgan fingerprint density at radius 1 is 1.38 bits per heavy atom. The summed E-state index contributed by atoms with van der Waals surface area (Å²) >= 11 is 3.46. The summed E-state index contributed by atoms with van der Waals surface area (Å²) in [5.41, 5.74) is 1.47. The summed E-state index contributed by atoms with van der Waals surface area (Å²) in [6, 6.07) is 7.90. The molecule has 0 aliphatic heterocycles. The third kappa shape index (κ3) is 3.46. The number of hydrogen-bond acceptors (Lipinski definition) is 2. The Bertz CT molecular complexity index is 642. The van der Waals surface area contributed by atoms with Crippen LogP contribution in [0.4, 0.5) is 0 Å². The molecular formula is C16H22BrN3O. The van der Waals surface area contributed by atoms with E-state index in [1.165, 1.54) is 0 Å². The van der Waals surface area contributed by atoms with Crippen molar-refractivity contribution in [2.75, 3.05) is 5.33 Å². The van der Waals surface area contributed by atoms with Gasteiger partial charge in [-0.3, -0.25) is 9.48 Å². The SMILES string of the molecule is Cn1nc(C(=O)NC(CCBr)C(C)(C)C)c2ccccc21. The van der Waals surface area contributed by atoms with Crippen LogP contribution in [0, 0.1) is 5.41 Å². The van der Waals surface area contributed by atoms with Gasteiger partial charge in [-0.1, -0.05) is 54.9 Å². The maximum atomic E-state index is 12.6. The molecule has 4 nitrogen and oxygen atoms in total. The second kappa shape index (κ2) is 6.18. The third-order valence-electron chi connectivity index (χ3n) is 3.72. The zero-order chi connectivity index (χ0) is 15.6. The molecule has 0 fully saturated rings. The van der Waals surface area contributed by atoms with Crippen LogP contribution in [0.25, 0.3) is 10.9 Å². The zero-order valence-corrected chi connectivity index (χ0v) is 14.6. The Hall–Kier alpha value is -1.36. The summed E-state index contributed by atoms with van der Waals surface area (Å²) in [6.45, 7) is 6.41. The molecule has 1 amide bonds.